The van der Waals surface area contributed by atoms with Gasteiger partial charge >= 0.3 is 0 Å². The number of ether oxygens (including phenoxy) is 1. The molecular formula is C30H35ClN2O5S. The number of carbonyl (C=O) groups excluding carboxylic acids is 1. The summed E-state index contributed by atoms with van der Waals surface area (Å²) in [5.41, 5.74) is 3.35. The van der Waals surface area contributed by atoms with Crippen LogP contribution in [-0.4, -0.2) is 51.0 Å². The summed E-state index contributed by atoms with van der Waals surface area (Å²) >= 11 is 6.36. The first-order valence-corrected chi connectivity index (χ1v) is 15.9. The molecule has 2 bridgehead atoms. The molecule has 6 rings (SSSR count). The average Bonchev–Trinajstić information content (AvgIpc) is 3.02. The van der Waals surface area contributed by atoms with Crippen LogP contribution in [0.5, 0.6) is 5.75 Å². The number of halogens is 1. The molecule has 0 saturated heterocycles. The molecular weight excluding hydrogens is 536 g/mol. The Labute approximate surface area is 235 Å². The quantitative estimate of drug-likeness (QED) is 0.449. The number of hydrogen-bond donors (Lipinski definition) is 2. The van der Waals surface area contributed by atoms with E-state index in [1.54, 1.807) is 24.3 Å². The minimum absolute atomic E-state index is 0.179. The lowest BCUT2D eigenvalue weighted by atomic mass is 9.68. The van der Waals surface area contributed by atoms with Crippen LogP contribution in [0.25, 0.3) is 0 Å². The molecule has 7 nitrogen and oxygen atoms in total. The lowest BCUT2D eigenvalue weighted by molar-refractivity contribution is 0.0177. The summed E-state index contributed by atoms with van der Waals surface area (Å²) in [5.74, 6) is 0.355. The molecule has 2 aliphatic carbocycles. The van der Waals surface area contributed by atoms with Gasteiger partial charge in [0, 0.05) is 29.1 Å². The van der Waals surface area contributed by atoms with Gasteiger partial charge in [-0.1, -0.05) is 29.8 Å². The van der Waals surface area contributed by atoms with Crippen molar-refractivity contribution in [3.05, 3.63) is 70.3 Å². The number of fused-ring (bicyclic) bond motifs is 4. The van der Waals surface area contributed by atoms with E-state index < -0.39 is 22.0 Å². The number of carbonyl (C=O) groups is 1. The monoisotopic (exact) mass is 570 g/mol. The highest BCUT2D eigenvalue weighted by atomic mass is 35.5. The molecule has 2 N–H and O–H groups in total. The minimum Gasteiger partial charge on any atom is -0.490 e. The van der Waals surface area contributed by atoms with E-state index in [0.717, 1.165) is 49.4 Å². The maximum atomic E-state index is 13.0. The molecule has 0 aromatic heterocycles. The summed E-state index contributed by atoms with van der Waals surface area (Å²) in [6.07, 6.45) is 8.95. The van der Waals surface area contributed by atoms with Gasteiger partial charge in [-0.05, 0) is 98.2 Å². The maximum Gasteiger partial charge on any atom is 0.264 e. The van der Waals surface area contributed by atoms with Crippen molar-refractivity contribution in [1.82, 2.24) is 4.72 Å². The molecule has 0 unspecified atom stereocenters. The normalized spacial score (nSPS) is 31.1. The Morgan fingerprint density at radius 3 is 2.82 bits per heavy atom. The zero-order valence-electron chi connectivity index (χ0n) is 21.9. The van der Waals surface area contributed by atoms with Crippen molar-refractivity contribution in [3.8, 4) is 5.75 Å². The average molecular weight is 571 g/mol. The van der Waals surface area contributed by atoms with Gasteiger partial charge in [0.2, 0.25) is 10.0 Å². The van der Waals surface area contributed by atoms with E-state index in [1.165, 1.54) is 11.1 Å². The van der Waals surface area contributed by atoms with E-state index in [4.69, 9.17) is 16.3 Å². The highest BCUT2D eigenvalue weighted by Gasteiger charge is 2.44. The van der Waals surface area contributed by atoms with Gasteiger partial charge in [0.15, 0.2) is 0 Å². The van der Waals surface area contributed by atoms with Gasteiger partial charge < -0.3 is 14.7 Å². The van der Waals surface area contributed by atoms with Crippen LogP contribution in [0.1, 0.15) is 60.0 Å². The van der Waals surface area contributed by atoms with E-state index in [9.17, 15) is 18.3 Å². The second kappa shape index (κ2) is 10.5. The Morgan fingerprint density at radius 2 is 2.00 bits per heavy atom. The molecule has 1 fully saturated rings. The van der Waals surface area contributed by atoms with Crippen LogP contribution in [0.3, 0.4) is 0 Å². The topological polar surface area (TPSA) is 95.9 Å². The van der Waals surface area contributed by atoms with Gasteiger partial charge in [-0.15, -0.1) is 0 Å². The third-order valence-electron chi connectivity index (χ3n) is 9.07. The zero-order valence-corrected chi connectivity index (χ0v) is 23.5. The van der Waals surface area contributed by atoms with Gasteiger partial charge in [0.05, 0.1) is 24.2 Å². The van der Waals surface area contributed by atoms with E-state index in [1.807, 2.05) is 12.1 Å². The largest absolute Gasteiger partial charge is 0.490 e. The number of benzene rings is 2. The van der Waals surface area contributed by atoms with Gasteiger partial charge in [0.1, 0.15) is 5.75 Å². The Balaban J connectivity index is 1.41. The number of hydrogen-bond acceptors (Lipinski definition) is 6. The molecule has 2 aliphatic heterocycles. The summed E-state index contributed by atoms with van der Waals surface area (Å²) in [4.78, 5) is 15.4. The fraction of sp³-hybridized carbons (Fsp3) is 0.500. The Kier molecular flexibility index (Phi) is 7.14. The zero-order chi connectivity index (χ0) is 27.2. The molecule has 2 heterocycles. The van der Waals surface area contributed by atoms with E-state index in [0.29, 0.717) is 31.2 Å². The summed E-state index contributed by atoms with van der Waals surface area (Å²) in [7, 11) is -3.80. The number of amides is 1. The fourth-order valence-corrected chi connectivity index (χ4v) is 8.01. The van der Waals surface area contributed by atoms with Crippen LogP contribution in [0.4, 0.5) is 5.69 Å². The number of anilines is 1. The first kappa shape index (κ1) is 26.7. The number of nitrogens with zero attached hydrogens (tertiary/aromatic N) is 1. The standard InChI is InChI=1S/C30H35ClN2O5S/c31-23-9-11-25-20(15-23)5-4-13-30(25)18-33-17-22-7-10-24(22)27(34)6-2-1-3-14-39(36,37)32-29(35)21-8-12-28(38-19-30)26(33)16-21/h1-2,8-9,11-12,15-16,22,24,27,34H,3-7,10,13-14,17-19H2,(H,32,35)/b2-1-/t22-,24+,27-,30-/m0/s1. The highest BCUT2D eigenvalue weighted by molar-refractivity contribution is 7.90. The van der Waals surface area contributed by atoms with Crippen molar-refractivity contribution < 1.29 is 23.1 Å². The van der Waals surface area contributed by atoms with Gasteiger partial charge in [-0.3, -0.25) is 4.79 Å². The predicted molar refractivity (Wildman–Crippen MR) is 152 cm³/mol. The van der Waals surface area contributed by atoms with Crippen LogP contribution < -0.4 is 14.4 Å². The summed E-state index contributed by atoms with van der Waals surface area (Å²) in [6.45, 7) is 1.94. The number of aryl methyl sites for hydroxylation is 1. The Morgan fingerprint density at radius 1 is 1.13 bits per heavy atom. The Hall–Kier alpha value is -2.55. The number of allylic oxidation sites excluding steroid dienone is 1. The first-order chi connectivity index (χ1) is 18.7. The smallest absolute Gasteiger partial charge is 0.264 e. The van der Waals surface area contributed by atoms with Crippen molar-refractivity contribution >= 4 is 33.2 Å². The minimum atomic E-state index is -3.80. The fourth-order valence-electron chi connectivity index (χ4n) is 6.87. The number of nitrogens with one attached hydrogen (secondary N) is 1. The molecule has 2 aromatic carbocycles. The molecule has 1 spiro atoms. The third-order valence-corrected chi connectivity index (χ3v) is 10.6. The SMILES string of the molecule is O=C1NS(=O)(=O)CC/C=C\C[C@H](O)[C@@H]2CC[C@H]2CN2C[C@@]3(CCCc4cc(Cl)ccc43)COc3ccc1cc32. The van der Waals surface area contributed by atoms with Gasteiger partial charge in [-0.25, -0.2) is 13.1 Å². The van der Waals surface area contributed by atoms with Crippen molar-refractivity contribution in [3.63, 3.8) is 0 Å². The number of sulfonamides is 1. The third kappa shape index (κ3) is 5.31. The van der Waals surface area contributed by atoms with E-state index in [2.05, 4.69) is 21.8 Å². The summed E-state index contributed by atoms with van der Waals surface area (Å²) in [5, 5.41) is 11.7. The van der Waals surface area contributed by atoms with Crippen LogP contribution >= 0.6 is 11.6 Å². The van der Waals surface area contributed by atoms with Crippen molar-refractivity contribution in [1.29, 1.82) is 0 Å². The lowest BCUT2D eigenvalue weighted by Crippen LogP contribution is -2.49. The Bertz CT molecular complexity index is 1410. The van der Waals surface area contributed by atoms with Crippen LogP contribution in [-0.2, 0) is 21.9 Å². The molecule has 4 atom stereocenters. The van der Waals surface area contributed by atoms with E-state index >= 15 is 0 Å². The number of aliphatic hydroxyl groups is 1. The molecule has 4 aliphatic rings. The van der Waals surface area contributed by atoms with Crippen LogP contribution in [0.2, 0.25) is 5.02 Å². The molecule has 1 amide bonds. The molecule has 9 heteroatoms. The predicted octanol–water partition coefficient (Wildman–Crippen LogP) is 4.61. The van der Waals surface area contributed by atoms with Gasteiger partial charge in [-0.2, -0.15) is 0 Å². The van der Waals surface area contributed by atoms with Crippen molar-refractivity contribution in [2.75, 3.05) is 30.3 Å². The maximum absolute atomic E-state index is 13.0. The van der Waals surface area contributed by atoms with Crippen LogP contribution in [0.15, 0.2) is 48.6 Å². The number of aliphatic hydroxyl groups excluding tert-OH is 1. The second-order valence-corrected chi connectivity index (χ2v) is 13.9. The second-order valence-electron chi connectivity index (χ2n) is 11.6. The lowest BCUT2D eigenvalue weighted by Gasteiger charge is -2.45. The first-order valence-electron chi connectivity index (χ1n) is 13.9. The van der Waals surface area contributed by atoms with Crippen LogP contribution in [0, 0.1) is 11.8 Å². The number of rotatable bonds is 0. The molecule has 2 aromatic rings. The molecule has 208 valence electrons. The summed E-state index contributed by atoms with van der Waals surface area (Å²) in [6, 6.07) is 11.3. The molecule has 0 radical (unpaired) electrons. The highest BCUT2D eigenvalue weighted by Crippen LogP contribution is 2.46. The molecule has 1 saturated carbocycles. The van der Waals surface area contributed by atoms with Crippen molar-refractivity contribution in [2.45, 2.75) is 56.5 Å². The van der Waals surface area contributed by atoms with Crippen molar-refractivity contribution in [2.24, 2.45) is 11.8 Å². The molecule has 39 heavy (non-hydrogen) atoms. The van der Waals surface area contributed by atoms with Gasteiger partial charge in [0.25, 0.3) is 5.91 Å². The summed E-state index contributed by atoms with van der Waals surface area (Å²) < 4.78 is 33.9. The van der Waals surface area contributed by atoms with E-state index in [-0.39, 0.29) is 29.1 Å².